The summed E-state index contributed by atoms with van der Waals surface area (Å²) in [6.45, 7) is 7.36. The number of aliphatic imine (C=N–C) groups is 1. The number of phenols is 1. The SMILES string of the molecule is CCNC(=NCc1cc(OC)ccc1O)NC(C)c1ccccc1C. The van der Waals surface area contributed by atoms with Crippen molar-refractivity contribution < 1.29 is 9.84 Å². The third kappa shape index (κ3) is 5.14. The summed E-state index contributed by atoms with van der Waals surface area (Å²) in [6, 6.07) is 13.6. The van der Waals surface area contributed by atoms with E-state index < -0.39 is 0 Å². The molecule has 134 valence electrons. The molecular weight excluding hydrogens is 314 g/mol. The fourth-order valence-corrected chi connectivity index (χ4v) is 2.66. The lowest BCUT2D eigenvalue weighted by Crippen LogP contribution is -2.38. The highest BCUT2D eigenvalue weighted by atomic mass is 16.5. The van der Waals surface area contributed by atoms with Gasteiger partial charge in [0.1, 0.15) is 11.5 Å². The number of aryl methyl sites for hydroxylation is 1. The van der Waals surface area contributed by atoms with E-state index in [-0.39, 0.29) is 11.8 Å². The van der Waals surface area contributed by atoms with Crippen LogP contribution in [0.3, 0.4) is 0 Å². The molecule has 0 heterocycles. The van der Waals surface area contributed by atoms with Crippen molar-refractivity contribution in [1.82, 2.24) is 10.6 Å². The van der Waals surface area contributed by atoms with Crippen LogP contribution >= 0.6 is 0 Å². The molecule has 0 saturated carbocycles. The van der Waals surface area contributed by atoms with Gasteiger partial charge in [0.05, 0.1) is 19.7 Å². The molecule has 0 radical (unpaired) electrons. The lowest BCUT2D eigenvalue weighted by Gasteiger charge is -2.20. The molecule has 2 rings (SSSR count). The van der Waals surface area contributed by atoms with E-state index in [4.69, 9.17) is 4.74 Å². The summed E-state index contributed by atoms with van der Waals surface area (Å²) >= 11 is 0. The summed E-state index contributed by atoms with van der Waals surface area (Å²) in [5, 5.41) is 16.7. The van der Waals surface area contributed by atoms with Crippen LogP contribution in [0.25, 0.3) is 0 Å². The monoisotopic (exact) mass is 341 g/mol. The van der Waals surface area contributed by atoms with Gasteiger partial charge in [-0.1, -0.05) is 24.3 Å². The van der Waals surface area contributed by atoms with Crippen molar-refractivity contribution in [3.05, 3.63) is 59.2 Å². The summed E-state index contributed by atoms with van der Waals surface area (Å²) < 4.78 is 5.21. The molecule has 5 heteroatoms. The predicted molar refractivity (Wildman–Crippen MR) is 102 cm³/mol. The normalized spacial score (nSPS) is 12.6. The molecule has 0 bridgehead atoms. The number of phenolic OH excluding ortho intramolecular Hbond substituents is 1. The molecule has 0 aromatic heterocycles. The van der Waals surface area contributed by atoms with Crippen LogP contribution in [-0.4, -0.2) is 24.7 Å². The van der Waals surface area contributed by atoms with Crippen LogP contribution in [0.1, 0.15) is 36.6 Å². The third-order valence-electron chi connectivity index (χ3n) is 4.05. The van der Waals surface area contributed by atoms with E-state index in [2.05, 4.69) is 41.6 Å². The molecule has 2 aromatic rings. The highest BCUT2D eigenvalue weighted by molar-refractivity contribution is 5.80. The molecule has 0 fully saturated rings. The maximum absolute atomic E-state index is 10.0. The molecule has 1 unspecified atom stereocenters. The topological polar surface area (TPSA) is 65.9 Å². The summed E-state index contributed by atoms with van der Waals surface area (Å²) in [5.41, 5.74) is 3.20. The van der Waals surface area contributed by atoms with Crippen LogP contribution in [-0.2, 0) is 6.54 Å². The van der Waals surface area contributed by atoms with E-state index in [1.165, 1.54) is 11.1 Å². The Morgan fingerprint density at radius 1 is 1.24 bits per heavy atom. The molecule has 1 atom stereocenters. The lowest BCUT2D eigenvalue weighted by atomic mass is 10.0. The Bertz CT molecular complexity index is 729. The number of hydrogen-bond acceptors (Lipinski definition) is 3. The first-order valence-corrected chi connectivity index (χ1v) is 8.51. The molecule has 0 aliphatic rings. The minimum atomic E-state index is 0.123. The van der Waals surface area contributed by atoms with Gasteiger partial charge in [0.2, 0.25) is 0 Å². The maximum atomic E-state index is 10.0. The second-order valence-corrected chi connectivity index (χ2v) is 5.91. The number of aromatic hydroxyl groups is 1. The zero-order valence-electron chi connectivity index (χ0n) is 15.3. The van der Waals surface area contributed by atoms with Crippen LogP contribution in [0.4, 0.5) is 0 Å². The number of hydrogen-bond donors (Lipinski definition) is 3. The Morgan fingerprint density at radius 2 is 2.00 bits per heavy atom. The van der Waals surface area contributed by atoms with Crippen LogP contribution in [0, 0.1) is 6.92 Å². The van der Waals surface area contributed by atoms with Gasteiger partial charge >= 0.3 is 0 Å². The van der Waals surface area contributed by atoms with Crippen molar-refractivity contribution in [3.63, 3.8) is 0 Å². The van der Waals surface area contributed by atoms with Gasteiger partial charge in [-0.05, 0) is 50.1 Å². The lowest BCUT2D eigenvalue weighted by molar-refractivity contribution is 0.411. The number of rotatable bonds is 6. The largest absolute Gasteiger partial charge is 0.508 e. The first-order chi connectivity index (χ1) is 12.0. The minimum Gasteiger partial charge on any atom is -0.508 e. The van der Waals surface area contributed by atoms with Crippen molar-refractivity contribution in [1.29, 1.82) is 0 Å². The molecule has 5 nitrogen and oxygen atoms in total. The number of nitrogens with zero attached hydrogens (tertiary/aromatic N) is 1. The molecule has 0 spiro atoms. The quantitative estimate of drug-likeness (QED) is 0.555. The Labute approximate surface area is 149 Å². The zero-order valence-corrected chi connectivity index (χ0v) is 15.3. The van der Waals surface area contributed by atoms with Crippen molar-refractivity contribution in [2.45, 2.75) is 33.4 Å². The van der Waals surface area contributed by atoms with E-state index in [0.29, 0.717) is 18.3 Å². The van der Waals surface area contributed by atoms with Gasteiger partial charge in [-0.25, -0.2) is 4.99 Å². The third-order valence-corrected chi connectivity index (χ3v) is 4.05. The summed E-state index contributed by atoms with van der Waals surface area (Å²) in [7, 11) is 1.61. The van der Waals surface area contributed by atoms with Gasteiger partial charge in [-0.2, -0.15) is 0 Å². The number of guanidine groups is 1. The Morgan fingerprint density at radius 3 is 2.68 bits per heavy atom. The van der Waals surface area contributed by atoms with Gasteiger partial charge in [-0.3, -0.25) is 0 Å². The number of nitrogens with one attached hydrogen (secondary N) is 2. The molecule has 0 amide bonds. The van der Waals surface area contributed by atoms with Crippen LogP contribution in [0.2, 0.25) is 0 Å². The van der Waals surface area contributed by atoms with E-state index in [1.807, 2.05) is 19.1 Å². The van der Waals surface area contributed by atoms with Gasteiger partial charge in [-0.15, -0.1) is 0 Å². The molecule has 0 aliphatic carbocycles. The Balaban J connectivity index is 2.14. The number of benzene rings is 2. The first kappa shape index (κ1) is 18.6. The van der Waals surface area contributed by atoms with E-state index in [1.54, 1.807) is 25.3 Å². The van der Waals surface area contributed by atoms with E-state index >= 15 is 0 Å². The van der Waals surface area contributed by atoms with Crippen molar-refractivity contribution in [2.24, 2.45) is 4.99 Å². The standard InChI is InChI=1S/C20H27N3O2/c1-5-21-20(23-15(3)18-9-7-6-8-14(18)2)22-13-16-12-17(25-4)10-11-19(16)24/h6-12,15,24H,5,13H2,1-4H3,(H2,21,22,23). The average Bonchev–Trinajstić information content (AvgIpc) is 2.61. The number of ether oxygens (including phenoxy) is 1. The fraction of sp³-hybridized carbons (Fsp3) is 0.350. The molecule has 3 N–H and O–H groups in total. The molecule has 25 heavy (non-hydrogen) atoms. The molecule has 0 aliphatic heterocycles. The van der Waals surface area contributed by atoms with Gasteiger partial charge in [0.25, 0.3) is 0 Å². The van der Waals surface area contributed by atoms with Crippen LogP contribution in [0.15, 0.2) is 47.5 Å². The maximum Gasteiger partial charge on any atom is 0.192 e. The average molecular weight is 341 g/mol. The first-order valence-electron chi connectivity index (χ1n) is 8.51. The Kier molecular flexibility index (Phi) is 6.69. The Hall–Kier alpha value is -2.69. The van der Waals surface area contributed by atoms with Gasteiger partial charge < -0.3 is 20.5 Å². The fourth-order valence-electron chi connectivity index (χ4n) is 2.66. The summed E-state index contributed by atoms with van der Waals surface area (Å²) in [4.78, 5) is 4.59. The summed E-state index contributed by atoms with van der Waals surface area (Å²) in [5.74, 6) is 1.63. The van der Waals surface area contributed by atoms with Crippen LogP contribution < -0.4 is 15.4 Å². The van der Waals surface area contributed by atoms with E-state index in [0.717, 1.165) is 12.1 Å². The highest BCUT2D eigenvalue weighted by Gasteiger charge is 2.10. The molecule has 2 aromatic carbocycles. The zero-order chi connectivity index (χ0) is 18.2. The van der Waals surface area contributed by atoms with Crippen LogP contribution in [0.5, 0.6) is 11.5 Å². The minimum absolute atomic E-state index is 0.123. The predicted octanol–water partition coefficient (Wildman–Crippen LogP) is 3.53. The second kappa shape index (κ2) is 8.97. The van der Waals surface area contributed by atoms with Crippen molar-refractivity contribution >= 4 is 5.96 Å². The van der Waals surface area contributed by atoms with Gasteiger partial charge in [0.15, 0.2) is 5.96 Å². The second-order valence-electron chi connectivity index (χ2n) is 5.91. The number of methoxy groups -OCH3 is 1. The smallest absolute Gasteiger partial charge is 0.192 e. The molecule has 0 saturated heterocycles. The van der Waals surface area contributed by atoms with E-state index in [9.17, 15) is 5.11 Å². The highest BCUT2D eigenvalue weighted by Crippen LogP contribution is 2.23. The van der Waals surface area contributed by atoms with Gasteiger partial charge in [0, 0.05) is 12.1 Å². The summed E-state index contributed by atoms with van der Waals surface area (Å²) in [6.07, 6.45) is 0. The van der Waals surface area contributed by atoms with Crippen molar-refractivity contribution in [2.75, 3.05) is 13.7 Å². The van der Waals surface area contributed by atoms with Crippen molar-refractivity contribution in [3.8, 4) is 11.5 Å². The molecular formula is C20H27N3O2.